The molecule has 0 unspecified atom stereocenters. The van der Waals surface area contributed by atoms with E-state index in [0.717, 1.165) is 5.06 Å². The van der Waals surface area contributed by atoms with Crippen molar-refractivity contribution in [3.8, 4) is 0 Å². The van der Waals surface area contributed by atoms with Gasteiger partial charge in [0.1, 0.15) is 0 Å². The lowest BCUT2D eigenvalue weighted by Gasteiger charge is -2.37. The van der Waals surface area contributed by atoms with E-state index in [-0.39, 0.29) is 11.1 Å². The topological polar surface area (TPSA) is 23.1 Å². The van der Waals surface area contributed by atoms with E-state index in [1.165, 1.54) is 0 Å². The zero-order chi connectivity index (χ0) is 8.58. The second kappa shape index (κ2) is 2.51. The van der Waals surface area contributed by atoms with E-state index >= 15 is 0 Å². The summed E-state index contributed by atoms with van der Waals surface area (Å²) in [5, 5.41) is 12.5. The highest BCUT2D eigenvalue weighted by atomic mass is 16.5. The maximum absolute atomic E-state index is 11.4. The van der Waals surface area contributed by atoms with Crippen molar-refractivity contribution in [2.75, 3.05) is 0 Å². The third-order valence-corrected chi connectivity index (χ3v) is 1.22. The van der Waals surface area contributed by atoms with E-state index in [1.807, 2.05) is 41.5 Å². The van der Waals surface area contributed by atoms with Crippen LogP contribution in [0.25, 0.3) is 0 Å². The summed E-state index contributed by atoms with van der Waals surface area (Å²) in [5.41, 5.74) is -0.559. The maximum atomic E-state index is 11.4. The molecule has 0 spiro atoms. The average Bonchev–Trinajstić information content (AvgIpc) is 1.59. The van der Waals surface area contributed by atoms with Crippen LogP contribution in [0.3, 0.4) is 0 Å². The Labute approximate surface area is 63.8 Å². The summed E-state index contributed by atoms with van der Waals surface area (Å²) in [7, 11) is 0. The van der Waals surface area contributed by atoms with Crippen molar-refractivity contribution in [1.29, 1.82) is 0 Å². The Hall–Kier alpha value is -0.0800. The Balaban J connectivity index is 4.23. The van der Waals surface area contributed by atoms with Gasteiger partial charge in [0.05, 0.1) is 0 Å². The molecule has 10 heavy (non-hydrogen) atoms. The fraction of sp³-hybridized carbons (Fsp3) is 1.00. The minimum Gasteiger partial charge on any atom is -0.144 e. The lowest BCUT2D eigenvalue weighted by atomic mass is 10.0. The third kappa shape index (κ3) is 2.67. The quantitative estimate of drug-likeness (QED) is 0.478. The summed E-state index contributed by atoms with van der Waals surface area (Å²) in [5.74, 6) is 0. The maximum Gasteiger partial charge on any atom is 0.0415 e. The van der Waals surface area contributed by atoms with Gasteiger partial charge >= 0.3 is 0 Å². The summed E-state index contributed by atoms with van der Waals surface area (Å²) in [6.45, 7) is 11.5. The summed E-state index contributed by atoms with van der Waals surface area (Å²) in [6.07, 6.45) is 0. The molecule has 2 heteroatoms. The molecule has 0 bridgehead atoms. The molecule has 61 valence electrons. The van der Waals surface area contributed by atoms with Crippen LogP contribution >= 0.6 is 0 Å². The molecule has 0 aromatic rings. The molecule has 0 aromatic heterocycles. The number of hydrogen-bond acceptors (Lipinski definition) is 1. The van der Waals surface area contributed by atoms with Crippen LogP contribution in [-0.4, -0.2) is 16.1 Å². The predicted octanol–water partition coefficient (Wildman–Crippen LogP) is 2.23. The molecule has 0 amide bonds. The van der Waals surface area contributed by atoms with Crippen LogP contribution < -0.4 is 0 Å². The second-order valence-corrected chi connectivity index (χ2v) is 4.64. The predicted molar refractivity (Wildman–Crippen MR) is 42.0 cm³/mol. The van der Waals surface area contributed by atoms with Crippen molar-refractivity contribution >= 4 is 0 Å². The molecule has 0 rings (SSSR count). The van der Waals surface area contributed by atoms with Crippen molar-refractivity contribution in [2.24, 2.45) is 0 Å². The van der Waals surface area contributed by atoms with E-state index in [2.05, 4.69) is 0 Å². The van der Waals surface area contributed by atoms with Gasteiger partial charge in [-0.3, -0.25) is 0 Å². The van der Waals surface area contributed by atoms with Crippen LogP contribution in [0.5, 0.6) is 0 Å². The Morgan fingerprint density at radius 2 is 1.00 bits per heavy atom. The summed E-state index contributed by atoms with van der Waals surface area (Å²) in [4.78, 5) is 0. The van der Waals surface area contributed by atoms with E-state index < -0.39 is 0 Å². The normalized spacial score (nSPS) is 14.4. The van der Waals surface area contributed by atoms with Crippen molar-refractivity contribution in [3.05, 3.63) is 0 Å². The van der Waals surface area contributed by atoms with Gasteiger partial charge in [-0.1, -0.05) is 0 Å². The monoisotopic (exact) mass is 144 g/mol. The highest BCUT2D eigenvalue weighted by Gasteiger charge is 2.31. The first-order valence-electron chi connectivity index (χ1n) is 3.63. The van der Waals surface area contributed by atoms with Crippen LogP contribution in [0.1, 0.15) is 41.5 Å². The summed E-state index contributed by atoms with van der Waals surface area (Å²) < 4.78 is 0. The number of hydrogen-bond donors (Lipinski definition) is 0. The standard InChI is InChI=1S/C8H18NO/c1-7(2,3)9(10)8(4,5)6/h1-6H3. The summed E-state index contributed by atoms with van der Waals surface area (Å²) in [6, 6.07) is 0. The molecule has 0 aliphatic carbocycles. The van der Waals surface area contributed by atoms with Crippen LogP contribution in [0.2, 0.25) is 0 Å². The first-order valence-corrected chi connectivity index (χ1v) is 3.63. The molecule has 0 fully saturated rings. The number of nitrogens with zero attached hydrogens (tertiary/aromatic N) is 1. The van der Waals surface area contributed by atoms with Crippen molar-refractivity contribution in [1.82, 2.24) is 5.06 Å². The first kappa shape index (κ1) is 9.92. The third-order valence-electron chi connectivity index (χ3n) is 1.22. The molecule has 1 radical (unpaired) electrons. The molecule has 0 aliphatic rings. The zero-order valence-electron chi connectivity index (χ0n) is 7.86. The Morgan fingerprint density at radius 1 is 0.800 bits per heavy atom. The van der Waals surface area contributed by atoms with E-state index in [0.29, 0.717) is 0 Å². The minimum absolute atomic E-state index is 0.280. The second-order valence-electron chi connectivity index (χ2n) is 4.64. The SMILES string of the molecule is CC(C)(C)N([O])C(C)(C)C. The molecule has 0 saturated heterocycles. The van der Waals surface area contributed by atoms with Gasteiger partial charge in [0.15, 0.2) is 0 Å². The number of rotatable bonds is 0. The van der Waals surface area contributed by atoms with Crippen LogP contribution in [-0.2, 0) is 5.21 Å². The van der Waals surface area contributed by atoms with Crippen molar-refractivity contribution in [2.45, 2.75) is 52.6 Å². The van der Waals surface area contributed by atoms with Gasteiger partial charge in [0.2, 0.25) is 0 Å². The molecular formula is C8H18NO. The van der Waals surface area contributed by atoms with Gasteiger partial charge in [-0.25, -0.2) is 0 Å². The minimum atomic E-state index is -0.280. The van der Waals surface area contributed by atoms with Gasteiger partial charge in [-0.15, -0.1) is 10.3 Å². The molecule has 0 atom stereocenters. The van der Waals surface area contributed by atoms with Gasteiger partial charge in [-0.05, 0) is 41.5 Å². The van der Waals surface area contributed by atoms with E-state index in [1.54, 1.807) is 0 Å². The largest absolute Gasteiger partial charge is 0.144 e. The van der Waals surface area contributed by atoms with Crippen LogP contribution in [0.15, 0.2) is 0 Å². The Kier molecular flexibility index (Phi) is 2.49. The lowest BCUT2D eigenvalue weighted by Crippen LogP contribution is -2.49. The molecule has 2 nitrogen and oxygen atoms in total. The van der Waals surface area contributed by atoms with Gasteiger partial charge in [0.25, 0.3) is 0 Å². The summed E-state index contributed by atoms with van der Waals surface area (Å²) >= 11 is 0. The van der Waals surface area contributed by atoms with Gasteiger partial charge < -0.3 is 0 Å². The smallest absolute Gasteiger partial charge is 0.0415 e. The van der Waals surface area contributed by atoms with E-state index in [9.17, 15) is 5.21 Å². The van der Waals surface area contributed by atoms with Gasteiger partial charge in [0, 0.05) is 11.1 Å². The fourth-order valence-electron chi connectivity index (χ4n) is 1.01. The zero-order valence-corrected chi connectivity index (χ0v) is 7.86. The fourth-order valence-corrected chi connectivity index (χ4v) is 1.01. The Morgan fingerprint density at radius 3 is 1.00 bits per heavy atom. The molecule has 0 saturated carbocycles. The average molecular weight is 144 g/mol. The highest BCUT2D eigenvalue weighted by Crippen LogP contribution is 2.21. The first-order chi connectivity index (χ1) is 4.15. The van der Waals surface area contributed by atoms with E-state index in [4.69, 9.17) is 0 Å². The van der Waals surface area contributed by atoms with Crippen molar-refractivity contribution in [3.63, 3.8) is 0 Å². The Bertz CT molecular complexity index is 93.4. The molecule has 0 heterocycles. The molecule has 0 N–H and O–H groups in total. The number of hydroxylamine groups is 2. The van der Waals surface area contributed by atoms with Gasteiger partial charge in [-0.2, -0.15) is 0 Å². The molecular weight excluding hydrogens is 126 g/mol. The lowest BCUT2D eigenvalue weighted by molar-refractivity contribution is -0.262. The molecule has 0 aliphatic heterocycles. The van der Waals surface area contributed by atoms with Crippen LogP contribution in [0.4, 0.5) is 0 Å². The van der Waals surface area contributed by atoms with Crippen LogP contribution in [0, 0.1) is 0 Å². The van der Waals surface area contributed by atoms with Crippen molar-refractivity contribution < 1.29 is 5.21 Å². The highest BCUT2D eigenvalue weighted by molar-refractivity contribution is 4.79. The molecule has 0 aromatic carbocycles.